The van der Waals surface area contributed by atoms with Gasteiger partial charge in [0.25, 0.3) is 5.56 Å². The third kappa shape index (κ3) is 6.55. The predicted octanol–water partition coefficient (Wildman–Crippen LogP) is 3.55. The van der Waals surface area contributed by atoms with Crippen LogP contribution >= 0.6 is 11.6 Å². The molecule has 0 atom stereocenters. The molecule has 2 heterocycles. The maximum absolute atomic E-state index is 13.4. The average molecular weight is 569 g/mol. The number of hydrogen-bond acceptors (Lipinski definition) is 7. The van der Waals surface area contributed by atoms with Gasteiger partial charge in [-0.05, 0) is 43.2 Å². The molecule has 12 heteroatoms. The number of furan rings is 1. The molecule has 40 heavy (non-hydrogen) atoms. The summed E-state index contributed by atoms with van der Waals surface area (Å²) < 4.78 is 18.1. The lowest BCUT2D eigenvalue weighted by Gasteiger charge is -2.16. The SMILES string of the molecule is COc1cc(OC)c(NC(=O)Cn2c(=O)n(CCCCC(=O)NCc3ccco3)c(=O)c3ccccc32)cc1Cl. The molecule has 2 aromatic heterocycles. The number of carbonyl (C=O) groups excluding carboxylic acids is 2. The van der Waals surface area contributed by atoms with Crippen molar-refractivity contribution in [1.82, 2.24) is 14.5 Å². The topological polar surface area (TPSA) is 134 Å². The predicted molar refractivity (Wildman–Crippen MR) is 150 cm³/mol. The smallest absolute Gasteiger partial charge is 0.331 e. The van der Waals surface area contributed by atoms with E-state index in [1.54, 1.807) is 36.4 Å². The van der Waals surface area contributed by atoms with E-state index in [4.69, 9.17) is 25.5 Å². The van der Waals surface area contributed by atoms with Crippen molar-refractivity contribution in [3.05, 3.63) is 86.4 Å². The zero-order valence-corrected chi connectivity index (χ0v) is 22.8. The zero-order chi connectivity index (χ0) is 28.6. The van der Waals surface area contributed by atoms with Gasteiger partial charge in [0.05, 0.1) is 48.6 Å². The summed E-state index contributed by atoms with van der Waals surface area (Å²) in [6.07, 6.45) is 2.63. The van der Waals surface area contributed by atoms with Crippen molar-refractivity contribution in [2.45, 2.75) is 38.9 Å². The summed E-state index contributed by atoms with van der Waals surface area (Å²) in [5.41, 5.74) is -0.445. The number of unbranched alkanes of at least 4 members (excludes halogenated alkanes) is 1. The van der Waals surface area contributed by atoms with Gasteiger partial charge in [-0.2, -0.15) is 0 Å². The number of benzene rings is 2. The van der Waals surface area contributed by atoms with E-state index in [2.05, 4.69) is 10.6 Å². The molecule has 2 N–H and O–H groups in total. The molecule has 2 amide bonds. The van der Waals surface area contributed by atoms with Gasteiger partial charge in [-0.3, -0.25) is 23.5 Å². The van der Waals surface area contributed by atoms with Gasteiger partial charge in [-0.1, -0.05) is 23.7 Å². The Balaban J connectivity index is 1.49. The van der Waals surface area contributed by atoms with E-state index in [-0.39, 0.29) is 37.0 Å². The van der Waals surface area contributed by atoms with Crippen LogP contribution in [0.3, 0.4) is 0 Å². The minimum atomic E-state index is -0.624. The molecule has 0 fully saturated rings. The van der Waals surface area contributed by atoms with Crippen LogP contribution in [-0.4, -0.2) is 35.2 Å². The fraction of sp³-hybridized carbons (Fsp3) is 0.286. The number of carbonyl (C=O) groups is 2. The van der Waals surface area contributed by atoms with Crippen molar-refractivity contribution >= 4 is 40.0 Å². The normalized spacial score (nSPS) is 10.9. The van der Waals surface area contributed by atoms with Crippen LogP contribution in [0.25, 0.3) is 10.9 Å². The molecule has 11 nitrogen and oxygen atoms in total. The first-order chi connectivity index (χ1) is 19.3. The third-order valence-electron chi connectivity index (χ3n) is 6.26. The summed E-state index contributed by atoms with van der Waals surface area (Å²) in [6, 6.07) is 13.1. The Kier molecular flexibility index (Phi) is 9.28. The summed E-state index contributed by atoms with van der Waals surface area (Å²) in [5, 5.41) is 6.05. The molecule has 0 saturated carbocycles. The second-order valence-electron chi connectivity index (χ2n) is 8.89. The lowest BCUT2D eigenvalue weighted by atomic mass is 10.2. The molecular weight excluding hydrogens is 540 g/mol. The number of aromatic nitrogens is 2. The van der Waals surface area contributed by atoms with E-state index in [0.29, 0.717) is 46.7 Å². The number of fused-ring (bicyclic) bond motifs is 1. The Morgan fingerprint density at radius 2 is 1.73 bits per heavy atom. The van der Waals surface area contributed by atoms with Gasteiger partial charge in [0.15, 0.2) is 0 Å². The zero-order valence-electron chi connectivity index (χ0n) is 22.1. The van der Waals surface area contributed by atoms with Crippen molar-refractivity contribution in [3.63, 3.8) is 0 Å². The molecule has 4 rings (SSSR count). The molecule has 0 unspecified atom stereocenters. The first-order valence-corrected chi connectivity index (χ1v) is 12.9. The number of nitrogens with zero attached hydrogens (tertiary/aromatic N) is 2. The summed E-state index contributed by atoms with van der Waals surface area (Å²) in [5.74, 6) is 0.663. The van der Waals surface area contributed by atoms with Crippen LogP contribution < -0.4 is 31.4 Å². The molecule has 2 aromatic carbocycles. The lowest BCUT2D eigenvalue weighted by molar-refractivity contribution is -0.121. The minimum Gasteiger partial charge on any atom is -0.495 e. The van der Waals surface area contributed by atoms with Gasteiger partial charge in [-0.15, -0.1) is 0 Å². The van der Waals surface area contributed by atoms with Crippen molar-refractivity contribution in [2.75, 3.05) is 19.5 Å². The van der Waals surface area contributed by atoms with Crippen molar-refractivity contribution in [3.8, 4) is 11.5 Å². The van der Waals surface area contributed by atoms with Crippen LogP contribution in [0.5, 0.6) is 11.5 Å². The average Bonchev–Trinajstić information content (AvgIpc) is 3.48. The van der Waals surface area contributed by atoms with Gasteiger partial charge >= 0.3 is 5.69 Å². The van der Waals surface area contributed by atoms with Gasteiger partial charge in [0.1, 0.15) is 23.8 Å². The quantitative estimate of drug-likeness (QED) is 0.250. The fourth-order valence-corrected chi connectivity index (χ4v) is 4.50. The fourth-order valence-electron chi connectivity index (χ4n) is 4.25. The van der Waals surface area contributed by atoms with Crippen LogP contribution in [0.1, 0.15) is 25.0 Å². The van der Waals surface area contributed by atoms with E-state index in [1.165, 1.54) is 37.2 Å². The second kappa shape index (κ2) is 13.0. The molecular formula is C28H29ClN4O7. The molecule has 210 valence electrons. The monoisotopic (exact) mass is 568 g/mol. The first kappa shape index (κ1) is 28.5. The molecule has 0 aliphatic rings. The third-order valence-corrected chi connectivity index (χ3v) is 6.55. The molecule has 0 aliphatic heterocycles. The maximum Gasteiger partial charge on any atom is 0.331 e. The van der Waals surface area contributed by atoms with Gasteiger partial charge in [-0.25, -0.2) is 4.79 Å². The lowest BCUT2D eigenvalue weighted by Crippen LogP contribution is -2.41. The highest BCUT2D eigenvalue weighted by molar-refractivity contribution is 6.32. The van der Waals surface area contributed by atoms with Crippen molar-refractivity contribution in [1.29, 1.82) is 0 Å². The van der Waals surface area contributed by atoms with E-state index in [9.17, 15) is 19.2 Å². The number of amides is 2. The van der Waals surface area contributed by atoms with Gasteiger partial charge < -0.3 is 24.5 Å². The first-order valence-electron chi connectivity index (χ1n) is 12.5. The van der Waals surface area contributed by atoms with Crippen LogP contribution in [-0.2, 0) is 29.2 Å². The molecule has 0 saturated heterocycles. The van der Waals surface area contributed by atoms with Crippen molar-refractivity contribution in [2.24, 2.45) is 0 Å². The van der Waals surface area contributed by atoms with Gasteiger partial charge in [0.2, 0.25) is 11.8 Å². The summed E-state index contributed by atoms with van der Waals surface area (Å²) in [6.45, 7) is 0.0243. The highest BCUT2D eigenvalue weighted by atomic mass is 35.5. The summed E-state index contributed by atoms with van der Waals surface area (Å²) >= 11 is 6.21. The summed E-state index contributed by atoms with van der Waals surface area (Å²) in [4.78, 5) is 51.7. The number of halogens is 1. The number of para-hydroxylation sites is 1. The minimum absolute atomic E-state index is 0.0947. The maximum atomic E-state index is 13.4. The molecule has 0 bridgehead atoms. The Hall–Kier alpha value is -4.51. The largest absolute Gasteiger partial charge is 0.495 e. The molecule has 0 spiro atoms. The van der Waals surface area contributed by atoms with Crippen LogP contribution in [0.15, 0.2) is 68.8 Å². The van der Waals surface area contributed by atoms with E-state index in [1.807, 2.05) is 0 Å². The summed E-state index contributed by atoms with van der Waals surface area (Å²) in [7, 11) is 2.90. The standard InChI is InChI=1S/C28H29ClN4O7/c1-38-23-15-24(39-2)21(14-20(23)29)31-26(35)17-33-22-10-4-3-9-19(22)27(36)32(28(33)37)12-6-5-11-25(34)30-16-18-8-7-13-40-18/h3-4,7-10,13-15H,5-6,11-12,16-17H2,1-2H3,(H,30,34)(H,31,35). The Morgan fingerprint density at radius 1 is 0.950 bits per heavy atom. The number of hydrogen-bond donors (Lipinski definition) is 2. The number of methoxy groups -OCH3 is 2. The van der Waals surface area contributed by atoms with Crippen molar-refractivity contribution < 1.29 is 23.5 Å². The van der Waals surface area contributed by atoms with E-state index < -0.39 is 17.2 Å². The van der Waals surface area contributed by atoms with Crippen LogP contribution in [0, 0.1) is 0 Å². The Bertz CT molecular complexity index is 1630. The molecule has 0 radical (unpaired) electrons. The number of rotatable bonds is 12. The highest BCUT2D eigenvalue weighted by Crippen LogP contribution is 2.35. The Labute approximate surface area is 234 Å². The Morgan fingerprint density at radius 3 is 2.45 bits per heavy atom. The van der Waals surface area contributed by atoms with E-state index in [0.717, 1.165) is 4.57 Å². The number of ether oxygens (including phenoxy) is 2. The molecule has 0 aliphatic carbocycles. The highest BCUT2D eigenvalue weighted by Gasteiger charge is 2.17. The number of anilines is 1. The second-order valence-corrected chi connectivity index (χ2v) is 9.30. The molecule has 4 aromatic rings. The van der Waals surface area contributed by atoms with Gasteiger partial charge in [0, 0.05) is 19.0 Å². The van der Waals surface area contributed by atoms with Crippen LogP contribution in [0.2, 0.25) is 5.02 Å². The number of nitrogens with one attached hydrogen (secondary N) is 2. The van der Waals surface area contributed by atoms with Crippen LogP contribution in [0.4, 0.5) is 5.69 Å². The van der Waals surface area contributed by atoms with E-state index >= 15 is 0 Å².